The van der Waals surface area contributed by atoms with Gasteiger partial charge in [-0.25, -0.2) is 0 Å². The topological polar surface area (TPSA) is 24.6 Å². The molecule has 0 N–H and O–H groups in total. The van der Waals surface area contributed by atoms with E-state index < -0.39 is 0 Å². The Bertz CT molecular complexity index is 3700. The van der Waals surface area contributed by atoms with Crippen LogP contribution in [0.1, 0.15) is 154 Å². The van der Waals surface area contributed by atoms with Crippen LogP contribution in [0.2, 0.25) is 0 Å². The Balaban J connectivity index is 1.31. The third kappa shape index (κ3) is 7.77. The Hall–Kier alpha value is -6.46. The average molecular weight is 962 g/mol. The predicted molar refractivity (Wildman–Crippen MR) is 317 cm³/mol. The van der Waals surface area contributed by atoms with Crippen LogP contribution in [0.3, 0.4) is 0 Å². The second kappa shape index (κ2) is 16.0. The van der Waals surface area contributed by atoms with Crippen molar-refractivity contribution in [2.24, 2.45) is 0 Å². The van der Waals surface area contributed by atoms with E-state index in [2.05, 4.69) is 261 Å². The molecular weight excluding hydrogens is 886 g/mol. The highest BCUT2D eigenvalue weighted by molar-refractivity contribution is 6.93. The zero-order chi connectivity index (χ0) is 52.4. The van der Waals surface area contributed by atoms with Crippen LogP contribution in [-0.4, -0.2) is 11.4 Å². The van der Waals surface area contributed by atoms with Crippen molar-refractivity contribution >= 4 is 79.2 Å². The SMILES string of the molecule is Cc1ccc(N(c2ccc3c(c2)c2cc(C(C)(C)C)cc4c2n3-c2cc(C(C)(C)C)cc3c2B4N(c2ccc(C(C)(C)C)cc2)c2oc4c(C(C)(C)C)cc(C(C)(C)C)cc4c2-3)c2ccc(C)cc2C)c(C)c1. The number of hydrogen-bond acceptors (Lipinski definition) is 3. The van der Waals surface area contributed by atoms with E-state index in [4.69, 9.17) is 4.42 Å². The summed E-state index contributed by atoms with van der Waals surface area (Å²) < 4.78 is 10.3. The lowest BCUT2D eigenvalue weighted by Gasteiger charge is -2.41. The van der Waals surface area contributed by atoms with Gasteiger partial charge in [0.15, 0.2) is 5.88 Å². The molecule has 7 aromatic carbocycles. The minimum Gasteiger partial charge on any atom is -0.440 e. The van der Waals surface area contributed by atoms with E-state index >= 15 is 0 Å². The fraction of sp³-hybridized carbons (Fsp3) is 0.353. The summed E-state index contributed by atoms with van der Waals surface area (Å²) in [5.41, 5.74) is 25.5. The second-order valence-corrected chi connectivity index (χ2v) is 27.1. The molecule has 0 amide bonds. The minimum absolute atomic E-state index is 0.00273. The summed E-state index contributed by atoms with van der Waals surface area (Å²) in [7, 11) is 0. The van der Waals surface area contributed by atoms with Crippen molar-refractivity contribution < 1.29 is 4.42 Å². The van der Waals surface area contributed by atoms with E-state index in [0.29, 0.717) is 0 Å². The van der Waals surface area contributed by atoms with Gasteiger partial charge in [-0.15, -0.1) is 0 Å². The van der Waals surface area contributed by atoms with Crippen LogP contribution in [0.4, 0.5) is 28.6 Å². The first-order valence-electron chi connectivity index (χ1n) is 26.8. The Morgan fingerprint density at radius 1 is 0.479 bits per heavy atom. The van der Waals surface area contributed by atoms with Crippen LogP contribution in [-0.2, 0) is 27.1 Å². The van der Waals surface area contributed by atoms with Gasteiger partial charge in [-0.2, -0.15) is 0 Å². The highest BCUT2D eigenvalue weighted by Crippen LogP contribution is 2.53. The number of fused-ring (bicyclic) bond motifs is 9. The molecule has 11 rings (SSSR count). The van der Waals surface area contributed by atoms with Gasteiger partial charge in [0.05, 0.1) is 16.6 Å². The van der Waals surface area contributed by atoms with E-state index in [1.165, 1.54) is 116 Å². The molecule has 9 aromatic rings. The first-order valence-corrected chi connectivity index (χ1v) is 26.8. The lowest BCUT2D eigenvalue weighted by Crippen LogP contribution is -2.60. The largest absolute Gasteiger partial charge is 0.440 e. The molecule has 0 bridgehead atoms. The zero-order valence-electron chi connectivity index (χ0n) is 47.3. The summed E-state index contributed by atoms with van der Waals surface area (Å²) in [4.78, 5) is 5.08. The molecule has 2 aromatic heterocycles. The third-order valence-corrected chi connectivity index (χ3v) is 16.2. The van der Waals surface area contributed by atoms with E-state index in [-0.39, 0.29) is 33.9 Å². The van der Waals surface area contributed by atoms with Crippen molar-refractivity contribution in [3.05, 3.63) is 165 Å². The molecule has 2 aliphatic rings. The van der Waals surface area contributed by atoms with Crippen molar-refractivity contribution in [2.45, 2.75) is 159 Å². The van der Waals surface area contributed by atoms with Gasteiger partial charge in [-0.1, -0.05) is 170 Å². The molecule has 73 heavy (non-hydrogen) atoms. The number of aryl methyl sites for hydroxylation is 4. The smallest absolute Gasteiger partial charge is 0.336 e. The predicted octanol–water partition coefficient (Wildman–Crippen LogP) is 18.0. The molecular formula is C68H76BN3O. The van der Waals surface area contributed by atoms with Gasteiger partial charge in [0.1, 0.15) is 5.58 Å². The minimum atomic E-state index is -0.185. The van der Waals surface area contributed by atoms with E-state index in [9.17, 15) is 0 Å². The molecule has 0 fully saturated rings. The van der Waals surface area contributed by atoms with Gasteiger partial charge in [-0.05, 0) is 165 Å². The first kappa shape index (κ1) is 48.8. The summed E-state index contributed by atoms with van der Waals surface area (Å²) in [5, 5.41) is 3.72. The standard InChI is InChI=1S/C68H76BN3O/c1-39-20-27-55(41(3)30-39)70(56-28-21-40(2)31-42(56)4)48-26-29-57-49(38-48)50-32-45(66(11,12)13)36-54-61(50)71(57)58-37-46(67(14,15)16)33-51-59-52-34-44(65(8,9)10)35-53(68(17,18)19)62(52)73-63(59)72(69(54)60(51)58)47-24-22-43(23-25-47)64(5,6)7/h20-38H,1-19H3. The van der Waals surface area contributed by atoms with Crippen LogP contribution in [0.5, 0.6) is 0 Å². The fourth-order valence-electron chi connectivity index (χ4n) is 12.0. The van der Waals surface area contributed by atoms with Gasteiger partial charge in [0.2, 0.25) is 0 Å². The number of anilines is 5. The number of hydrogen-bond donors (Lipinski definition) is 0. The van der Waals surface area contributed by atoms with Gasteiger partial charge < -0.3 is 18.7 Å². The molecule has 2 aliphatic heterocycles. The Labute approximate surface area is 436 Å². The number of aromatic nitrogens is 1. The fourth-order valence-corrected chi connectivity index (χ4v) is 12.0. The molecule has 0 atom stereocenters. The second-order valence-electron chi connectivity index (χ2n) is 27.1. The summed E-state index contributed by atoms with van der Waals surface area (Å²) >= 11 is 0. The Kier molecular flexibility index (Phi) is 10.7. The zero-order valence-corrected chi connectivity index (χ0v) is 47.3. The highest BCUT2D eigenvalue weighted by atomic mass is 16.4. The maximum atomic E-state index is 7.67. The van der Waals surface area contributed by atoms with E-state index in [0.717, 1.165) is 22.8 Å². The molecule has 0 saturated heterocycles. The van der Waals surface area contributed by atoms with Crippen LogP contribution in [0, 0.1) is 27.7 Å². The third-order valence-electron chi connectivity index (χ3n) is 16.2. The monoisotopic (exact) mass is 962 g/mol. The normalized spacial score (nSPS) is 13.9. The molecule has 0 saturated carbocycles. The summed E-state index contributed by atoms with van der Waals surface area (Å²) in [6, 6.07) is 45.4. The highest BCUT2D eigenvalue weighted by Gasteiger charge is 2.48. The van der Waals surface area contributed by atoms with E-state index in [1.54, 1.807) is 0 Å². The number of rotatable bonds is 4. The number of benzene rings is 7. The molecule has 4 heterocycles. The van der Waals surface area contributed by atoms with Crippen molar-refractivity contribution in [3.8, 4) is 16.8 Å². The maximum absolute atomic E-state index is 7.67. The molecule has 5 heteroatoms. The number of furan rings is 1. The molecule has 4 nitrogen and oxygen atoms in total. The van der Waals surface area contributed by atoms with Gasteiger partial charge >= 0.3 is 6.85 Å². The van der Waals surface area contributed by atoms with Gasteiger partial charge in [0.25, 0.3) is 0 Å². The molecule has 0 aliphatic carbocycles. The Morgan fingerprint density at radius 3 is 1.58 bits per heavy atom. The molecule has 372 valence electrons. The van der Waals surface area contributed by atoms with Gasteiger partial charge in [0, 0.05) is 50.2 Å². The van der Waals surface area contributed by atoms with E-state index in [1.807, 2.05) is 0 Å². The summed E-state index contributed by atoms with van der Waals surface area (Å²) in [5.74, 6) is 0.920. The average Bonchev–Trinajstić information content (AvgIpc) is 3.84. The van der Waals surface area contributed by atoms with Crippen molar-refractivity contribution in [3.63, 3.8) is 0 Å². The Morgan fingerprint density at radius 2 is 1.03 bits per heavy atom. The number of nitrogens with zero attached hydrogens (tertiary/aromatic N) is 3. The van der Waals surface area contributed by atoms with Crippen molar-refractivity contribution in [1.82, 2.24) is 4.57 Å². The molecule has 0 radical (unpaired) electrons. The van der Waals surface area contributed by atoms with Crippen LogP contribution in [0.15, 0.2) is 120 Å². The summed E-state index contributed by atoms with van der Waals surface area (Å²) in [6.07, 6.45) is 0. The van der Waals surface area contributed by atoms with Crippen molar-refractivity contribution in [1.29, 1.82) is 0 Å². The molecule has 0 spiro atoms. The van der Waals surface area contributed by atoms with Crippen molar-refractivity contribution in [2.75, 3.05) is 9.71 Å². The first-order chi connectivity index (χ1) is 34.0. The van der Waals surface area contributed by atoms with Crippen LogP contribution >= 0.6 is 0 Å². The van der Waals surface area contributed by atoms with Crippen LogP contribution in [0.25, 0.3) is 49.6 Å². The maximum Gasteiger partial charge on any atom is 0.336 e. The molecule has 0 unspecified atom stereocenters. The summed E-state index contributed by atoms with van der Waals surface area (Å²) in [6.45, 7) is 43.8. The lowest BCUT2D eigenvalue weighted by molar-refractivity contribution is 0.552. The van der Waals surface area contributed by atoms with Gasteiger partial charge in [-0.3, -0.25) is 0 Å². The van der Waals surface area contributed by atoms with Crippen LogP contribution < -0.4 is 20.6 Å². The lowest BCUT2D eigenvalue weighted by atomic mass is 9.43. The quantitative estimate of drug-likeness (QED) is 0.164.